The third-order valence-corrected chi connectivity index (χ3v) is 0.101. The Kier molecular flexibility index (Phi) is 9.54. The molecule has 4 heteroatoms. The molecule has 0 fully saturated rings. The zero-order valence-corrected chi connectivity index (χ0v) is 6.46. The molecular formula is C2H3KO3. The summed E-state index contributed by atoms with van der Waals surface area (Å²) in [7, 11) is 0. The number of aldehydes is 1. The van der Waals surface area contributed by atoms with Crippen molar-refractivity contribution in [2.75, 3.05) is 0 Å². The molecule has 0 atom stereocenters. The summed E-state index contributed by atoms with van der Waals surface area (Å²) in [5, 5.41) is 7.35. The van der Waals surface area contributed by atoms with E-state index in [4.69, 9.17) is 14.7 Å². The van der Waals surface area contributed by atoms with E-state index < -0.39 is 5.97 Å². The summed E-state index contributed by atoms with van der Waals surface area (Å²) in [5.74, 6) is -1.43. The van der Waals surface area contributed by atoms with Crippen molar-refractivity contribution < 1.29 is 67.5 Å². The summed E-state index contributed by atoms with van der Waals surface area (Å²) in [6, 6.07) is 0. The summed E-state index contributed by atoms with van der Waals surface area (Å²) in [6.07, 6.45) is -0.167. The van der Waals surface area contributed by atoms with Gasteiger partial charge in [0.1, 0.15) is 0 Å². The Morgan fingerprint density at radius 1 is 1.83 bits per heavy atom. The SMILES string of the molecule is O=CC(=O)O.[H-].[K+]. The fourth-order valence-electron chi connectivity index (χ4n) is 0. The van der Waals surface area contributed by atoms with Gasteiger partial charge in [-0.15, -0.1) is 0 Å². The molecule has 0 aromatic rings. The maximum absolute atomic E-state index is 9.00. The Hall–Kier alpha value is 0.776. The van der Waals surface area contributed by atoms with Crippen molar-refractivity contribution in [3.05, 3.63) is 0 Å². The van der Waals surface area contributed by atoms with Gasteiger partial charge in [0.25, 0.3) is 0 Å². The normalized spacial score (nSPS) is 5.33. The van der Waals surface area contributed by atoms with E-state index in [0.29, 0.717) is 0 Å². The smallest absolute Gasteiger partial charge is 1.00 e. The van der Waals surface area contributed by atoms with E-state index in [2.05, 4.69) is 0 Å². The van der Waals surface area contributed by atoms with E-state index >= 15 is 0 Å². The van der Waals surface area contributed by atoms with Gasteiger partial charge in [-0.3, -0.25) is 4.79 Å². The van der Waals surface area contributed by atoms with Gasteiger partial charge in [0.2, 0.25) is 6.29 Å². The van der Waals surface area contributed by atoms with Crippen LogP contribution >= 0.6 is 0 Å². The first-order valence-corrected chi connectivity index (χ1v) is 0.952. The molecule has 0 aliphatic carbocycles. The first-order valence-electron chi connectivity index (χ1n) is 0.952. The van der Waals surface area contributed by atoms with Crippen molar-refractivity contribution in [2.45, 2.75) is 0 Å². The second kappa shape index (κ2) is 5.78. The summed E-state index contributed by atoms with van der Waals surface area (Å²) >= 11 is 0. The second-order valence-electron chi connectivity index (χ2n) is 0.456. The molecule has 0 bridgehead atoms. The molecule has 0 saturated heterocycles. The number of aliphatic carboxylic acids is 1. The standard InChI is InChI=1S/C2H2O3.K.H/c3-1-2(4)5;;/h1H,(H,4,5);;/q;+1;-1. The summed E-state index contributed by atoms with van der Waals surface area (Å²) < 4.78 is 0. The quantitative estimate of drug-likeness (QED) is 0.217. The van der Waals surface area contributed by atoms with Crippen molar-refractivity contribution in [2.24, 2.45) is 0 Å². The molecule has 6 heavy (non-hydrogen) atoms. The molecule has 0 radical (unpaired) electrons. The molecule has 0 unspecified atom stereocenters. The van der Waals surface area contributed by atoms with Gasteiger partial charge < -0.3 is 6.53 Å². The molecule has 0 aliphatic heterocycles. The molecule has 0 aliphatic rings. The first kappa shape index (κ1) is 9.91. The van der Waals surface area contributed by atoms with Gasteiger partial charge in [-0.1, -0.05) is 0 Å². The van der Waals surface area contributed by atoms with Crippen LogP contribution < -0.4 is 51.4 Å². The zero-order chi connectivity index (χ0) is 4.28. The monoisotopic (exact) mass is 114 g/mol. The number of hydrogen-bond donors (Lipinski definition) is 1. The number of hydrogen-bond acceptors (Lipinski definition) is 2. The molecule has 0 spiro atoms. The van der Waals surface area contributed by atoms with E-state index in [0.717, 1.165) is 0 Å². The Morgan fingerprint density at radius 3 is 2.00 bits per heavy atom. The van der Waals surface area contributed by atoms with Crippen LogP contribution in [0.2, 0.25) is 0 Å². The van der Waals surface area contributed by atoms with E-state index in [-0.39, 0.29) is 59.1 Å². The fourth-order valence-corrected chi connectivity index (χ4v) is 0. The van der Waals surface area contributed by atoms with Crippen LogP contribution in [-0.2, 0) is 9.59 Å². The van der Waals surface area contributed by atoms with E-state index in [1.54, 1.807) is 0 Å². The Balaban J connectivity index is -0.0000000800. The third-order valence-electron chi connectivity index (χ3n) is 0.101. The summed E-state index contributed by atoms with van der Waals surface area (Å²) in [5.41, 5.74) is 0. The first-order chi connectivity index (χ1) is 2.27. The molecule has 0 saturated carbocycles. The Labute approximate surface area is 78.6 Å². The zero-order valence-electron chi connectivity index (χ0n) is 4.34. The molecular weight excluding hydrogens is 111 g/mol. The van der Waals surface area contributed by atoms with Gasteiger partial charge in [0, 0.05) is 0 Å². The van der Waals surface area contributed by atoms with Crippen LogP contribution in [0.5, 0.6) is 0 Å². The molecule has 0 heterocycles. The van der Waals surface area contributed by atoms with E-state index in [9.17, 15) is 0 Å². The van der Waals surface area contributed by atoms with Crippen LogP contribution in [0, 0.1) is 0 Å². The number of carbonyl (C=O) groups is 2. The largest absolute Gasteiger partial charge is 1.00 e. The van der Waals surface area contributed by atoms with Crippen molar-refractivity contribution in [3.63, 3.8) is 0 Å². The molecule has 0 aromatic heterocycles. The molecule has 0 rings (SSSR count). The van der Waals surface area contributed by atoms with Crippen LogP contribution in [0.15, 0.2) is 0 Å². The van der Waals surface area contributed by atoms with Crippen LogP contribution in [0.25, 0.3) is 0 Å². The predicted molar refractivity (Wildman–Crippen MR) is 14.8 cm³/mol. The van der Waals surface area contributed by atoms with Crippen molar-refractivity contribution >= 4 is 12.3 Å². The molecule has 1 N–H and O–H groups in total. The van der Waals surface area contributed by atoms with Gasteiger partial charge in [0.15, 0.2) is 0 Å². The average molecular weight is 114 g/mol. The van der Waals surface area contributed by atoms with E-state index in [1.807, 2.05) is 0 Å². The van der Waals surface area contributed by atoms with Crippen molar-refractivity contribution in [1.82, 2.24) is 0 Å². The van der Waals surface area contributed by atoms with Gasteiger partial charge in [-0.2, -0.15) is 0 Å². The predicted octanol–water partition coefficient (Wildman–Crippen LogP) is -3.61. The van der Waals surface area contributed by atoms with Crippen LogP contribution in [0.1, 0.15) is 1.43 Å². The molecule has 3 nitrogen and oxygen atoms in total. The van der Waals surface area contributed by atoms with Crippen LogP contribution in [0.3, 0.4) is 0 Å². The fraction of sp³-hybridized carbons (Fsp3) is 0. The van der Waals surface area contributed by atoms with Crippen molar-refractivity contribution in [3.8, 4) is 0 Å². The maximum atomic E-state index is 9.00. The topological polar surface area (TPSA) is 54.4 Å². The maximum Gasteiger partial charge on any atom is 1.00 e. The summed E-state index contributed by atoms with van der Waals surface area (Å²) in [6.45, 7) is 0. The number of carboxylic acids is 1. The van der Waals surface area contributed by atoms with E-state index in [1.165, 1.54) is 0 Å². The summed E-state index contributed by atoms with van der Waals surface area (Å²) in [4.78, 5) is 17.9. The molecule has 30 valence electrons. The minimum Gasteiger partial charge on any atom is -1.00 e. The number of carboxylic acid groups (broad SMARTS) is 1. The molecule has 0 aromatic carbocycles. The molecule has 0 amide bonds. The van der Waals surface area contributed by atoms with Crippen molar-refractivity contribution in [1.29, 1.82) is 0 Å². The second-order valence-corrected chi connectivity index (χ2v) is 0.456. The third kappa shape index (κ3) is 8.84. The number of rotatable bonds is 1. The Morgan fingerprint density at radius 2 is 2.00 bits per heavy atom. The average Bonchev–Trinajstić information content (AvgIpc) is 1.38. The minimum atomic E-state index is -1.43. The van der Waals surface area contributed by atoms with Gasteiger partial charge >= 0.3 is 57.4 Å². The van der Waals surface area contributed by atoms with Crippen LogP contribution in [0.4, 0.5) is 0 Å². The number of carbonyl (C=O) groups excluding carboxylic acids is 1. The van der Waals surface area contributed by atoms with Gasteiger partial charge in [-0.05, 0) is 0 Å². The van der Waals surface area contributed by atoms with Gasteiger partial charge in [0.05, 0.1) is 0 Å². The van der Waals surface area contributed by atoms with Crippen LogP contribution in [-0.4, -0.2) is 17.4 Å². The minimum absolute atomic E-state index is 0. The Bertz CT molecular complexity index is 64.0. The van der Waals surface area contributed by atoms with Gasteiger partial charge in [-0.25, -0.2) is 4.79 Å².